The summed E-state index contributed by atoms with van der Waals surface area (Å²) < 4.78 is 5.23. The second-order valence-corrected chi connectivity index (χ2v) is 7.37. The summed E-state index contributed by atoms with van der Waals surface area (Å²) in [7, 11) is 0. The molecule has 1 aromatic heterocycles. The molecule has 0 saturated heterocycles. The van der Waals surface area contributed by atoms with Crippen LogP contribution in [0, 0.1) is 22.7 Å². The normalized spacial score (nSPS) is 18.8. The van der Waals surface area contributed by atoms with E-state index >= 15 is 0 Å². The Morgan fingerprint density at radius 3 is 2.73 bits per heavy atom. The average Bonchev–Trinajstić information content (AvgIpc) is 3.11. The molecule has 0 atom stereocenters. The minimum atomic E-state index is -0.331. The number of aromatic nitrogens is 1. The van der Waals surface area contributed by atoms with Gasteiger partial charge >= 0.3 is 0 Å². The molecule has 1 fully saturated rings. The molecule has 0 bridgehead atoms. The van der Waals surface area contributed by atoms with Gasteiger partial charge in [-0.25, -0.2) is 0 Å². The molecule has 0 spiro atoms. The quantitative estimate of drug-likeness (QED) is 0.459. The van der Waals surface area contributed by atoms with E-state index < -0.39 is 0 Å². The Balaban J connectivity index is 1.44. The Hall–Kier alpha value is -2.45. The molecular weight excluding hydrogens is 352 g/mol. The molecule has 1 saturated carbocycles. The maximum absolute atomic E-state index is 12.2. The van der Waals surface area contributed by atoms with Gasteiger partial charge in [0.05, 0.1) is 16.7 Å². The molecule has 8 heteroatoms. The number of amides is 1. The zero-order valence-electron chi connectivity index (χ0n) is 14.1. The van der Waals surface area contributed by atoms with Crippen molar-refractivity contribution in [2.24, 2.45) is 11.8 Å². The molecule has 1 aliphatic carbocycles. The second-order valence-electron chi connectivity index (χ2n) is 6.23. The molecule has 4 N–H and O–H groups in total. The van der Waals surface area contributed by atoms with Gasteiger partial charge in [0.1, 0.15) is 0 Å². The molecule has 3 rings (SSSR count). The molecule has 2 aromatic rings. The van der Waals surface area contributed by atoms with E-state index in [0.29, 0.717) is 23.3 Å². The largest absolute Gasteiger partial charge is 0.390 e. The Morgan fingerprint density at radius 1 is 1.31 bits per heavy atom. The van der Waals surface area contributed by atoms with Crippen molar-refractivity contribution in [2.75, 3.05) is 13.2 Å². The van der Waals surface area contributed by atoms with E-state index in [1.165, 1.54) is 0 Å². The van der Waals surface area contributed by atoms with E-state index in [2.05, 4.69) is 10.5 Å². The number of nitrogens with zero attached hydrogens (tertiary/aromatic N) is 1. The first-order valence-corrected chi connectivity index (χ1v) is 9.13. The molecule has 26 heavy (non-hydrogen) atoms. The third kappa shape index (κ3) is 4.39. The summed E-state index contributed by atoms with van der Waals surface area (Å²) in [5.41, 5.74) is 1.12. The highest BCUT2D eigenvalue weighted by Crippen LogP contribution is 2.37. The molecule has 1 aromatic carbocycles. The Morgan fingerprint density at radius 2 is 2.04 bits per heavy atom. The van der Waals surface area contributed by atoms with Crippen LogP contribution in [-0.4, -0.2) is 39.4 Å². The van der Waals surface area contributed by atoms with Gasteiger partial charge in [0.25, 0.3) is 5.91 Å². The predicted octanol–water partition coefficient (Wildman–Crippen LogP) is 2.78. The van der Waals surface area contributed by atoms with E-state index in [1.807, 2.05) is 30.3 Å². The summed E-state index contributed by atoms with van der Waals surface area (Å²) in [5, 5.41) is 31.3. The van der Waals surface area contributed by atoms with Gasteiger partial charge in [-0.2, -0.15) is 0 Å². The number of rotatable bonds is 6. The number of benzene rings is 1. The zero-order valence-corrected chi connectivity index (χ0v) is 14.9. The van der Waals surface area contributed by atoms with Crippen molar-refractivity contribution in [3.05, 3.63) is 42.1 Å². The first-order chi connectivity index (χ1) is 12.6. The number of carbonyl (C=O) groups excluding carboxylic acids is 1. The monoisotopic (exact) mass is 372 g/mol. The van der Waals surface area contributed by atoms with Gasteiger partial charge in [-0.1, -0.05) is 47.3 Å². The second kappa shape index (κ2) is 8.29. The van der Waals surface area contributed by atoms with Crippen LogP contribution in [0.5, 0.6) is 0 Å². The molecule has 0 radical (unpaired) electrons. The lowest BCUT2D eigenvalue weighted by atomic mass is 9.75. The third-order valence-corrected chi connectivity index (χ3v) is 5.26. The van der Waals surface area contributed by atoms with Crippen LogP contribution < -0.4 is 5.32 Å². The lowest BCUT2D eigenvalue weighted by Crippen LogP contribution is -2.38. The van der Waals surface area contributed by atoms with Crippen molar-refractivity contribution < 1.29 is 14.4 Å². The van der Waals surface area contributed by atoms with Crippen LogP contribution in [0.25, 0.3) is 11.3 Å². The Kier molecular flexibility index (Phi) is 5.85. The van der Waals surface area contributed by atoms with Gasteiger partial charge in [-0.05, 0) is 18.8 Å². The van der Waals surface area contributed by atoms with Crippen LogP contribution >= 0.6 is 11.8 Å². The summed E-state index contributed by atoms with van der Waals surface area (Å²) in [6, 6.07) is 11.1. The van der Waals surface area contributed by atoms with E-state index in [4.69, 9.17) is 20.4 Å². The molecular formula is C18H20N4O3S. The zero-order chi connectivity index (χ0) is 18.5. The van der Waals surface area contributed by atoms with Gasteiger partial charge in [0.15, 0.2) is 11.5 Å². The number of carbonyl (C=O) groups is 1. The van der Waals surface area contributed by atoms with Crippen LogP contribution in [0.4, 0.5) is 0 Å². The summed E-state index contributed by atoms with van der Waals surface area (Å²) in [6.45, 7) is 0.195. The van der Waals surface area contributed by atoms with Crippen molar-refractivity contribution >= 4 is 27.8 Å². The standard InChI is InChI=1S/C18H20N4O3S/c19-16(10-23)26-17(20)13-6-11(7-13)9-21-18(24)14-8-15(25-22-14)12-4-2-1-3-5-12/h1-5,8,11,13,19-20,23H,6-7,9-10H2,(H,21,24). The minimum absolute atomic E-state index is 0.0898. The van der Waals surface area contributed by atoms with Gasteiger partial charge in [0, 0.05) is 24.1 Å². The van der Waals surface area contributed by atoms with Gasteiger partial charge < -0.3 is 14.9 Å². The van der Waals surface area contributed by atoms with Crippen molar-refractivity contribution in [2.45, 2.75) is 12.8 Å². The van der Waals surface area contributed by atoms with Crippen molar-refractivity contribution in [1.82, 2.24) is 10.5 Å². The van der Waals surface area contributed by atoms with E-state index in [-0.39, 0.29) is 29.2 Å². The number of aliphatic hydroxyl groups is 1. The fourth-order valence-electron chi connectivity index (χ4n) is 2.81. The predicted molar refractivity (Wildman–Crippen MR) is 101 cm³/mol. The number of thioether (sulfide) groups is 1. The third-order valence-electron chi connectivity index (χ3n) is 4.34. The molecule has 136 valence electrons. The van der Waals surface area contributed by atoms with Crippen molar-refractivity contribution in [3.63, 3.8) is 0 Å². The first-order valence-electron chi connectivity index (χ1n) is 8.31. The van der Waals surface area contributed by atoms with Crippen LogP contribution in [0.2, 0.25) is 0 Å². The fourth-order valence-corrected chi connectivity index (χ4v) is 3.50. The first kappa shape index (κ1) is 18.3. The molecule has 0 unspecified atom stereocenters. The summed E-state index contributed by atoms with van der Waals surface area (Å²) in [5.74, 6) is 0.710. The highest BCUT2D eigenvalue weighted by molar-refractivity contribution is 8.26. The fraction of sp³-hybridized carbons (Fsp3) is 0.333. The van der Waals surface area contributed by atoms with Crippen molar-refractivity contribution in [3.8, 4) is 11.3 Å². The lowest BCUT2D eigenvalue weighted by molar-refractivity contribution is 0.0925. The van der Waals surface area contributed by atoms with Gasteiger partial charge in [-0.3, -0.25) is 15.6 Å². The van der Waals surface area contributed by atoms with Crippen LogP contribution in [0.15, 0.2) is 40.9 Å². The summed E-state index contributed by atoms with van der Waals surface area (Å²) >= 11 is 1.01. The number of hydrogen-bond acceptors (Lipinski definition) is 7. The molecule has 1 heterocycles. The average molecular weight is 372 g/mol. The Labute approximate surface area is 155 Å². The van der Waals surface area contributed by atoms with Crippen LogP contribution in [-0.2, 0) is 0 Å². The van der Waals surface area contributed by atoms with E-state index in [1.54, 1.807) is 6.07 Å². The van der Waals surface area contributed by atoms with Crippen LogP contribution in [0.3, 0.4) is 0 Å². The number of hydrogen-bond donors (Lipinski definition) is 4. The minimum Gasteiger partial charge on any atom is -0.390 e. The molecule has 1 aliphatic rings. The molecule has 7 nitrogen and oxygen atoms in total. The van der Waals surface area contributed by atoms with Crippen molar-refractivity contribution in [1.29, 1.82) is 10.8 Å². The maximum atomic E-state index is 12.2. The van der Waals surface area contributed by atoms with Gasteiger partial charge in [-0.15, -0.1) is 0 Å². The summed E-state index contributed by atoms with van der Waals surface area (Å²) in [4.78, 5) is 12.2. The molecule has 1 amide bonds. The Bertz CT molecular complexity index is 800. The SMILES string of the molecule is N=C(CO)SC(=N)C1CC(CNC(=O)c2cc(-c3ccccc3)on2)C1. The van der Waals surface area contributed by atoms with E-state index in [9.17, 15) is 4.79 Å². The lowest BCUT2D eigenvalue weighted by Gasteiger charge is -2.35. The molecule has 0 aliphatic heterocycles. The smallest absolute Gasteiger partial charge is 0.273 e. The van der Waals surface area contributed by atoms with Gasteiger partial charge in [0.2, 0.25) is 0 Å². The summed E-state index contributed by atoms with van der Waals surface area (Å²) in [6.07, 6.45) is 1.61. The highest BCUT2D eigenvalue weighted by atomic mass is 32.2. The maximum Gasteiger partial charge on any atom is 0.273 e. The highest BCUT2D eigenvalue weighted by Gasteiger charge is 2.33. The van der Waals surface area contributed by atoms with E-state index in [0.717, 1.165) is 30.2 Å². The topological polar surface area (TPSA) is 123 Å². The number of aliphatic hydroxyl groups excluding tert-OH is 1. The number of nitrogens with one attached hydrogen (secondary N) is 3. The van der Waals surface area contributed by atoms with Crippen LogP contribution in [0.1, 0.15) is 23.3 Å².